The summed E-state index contributed by atoms with van der Waals surface area (Å²) in [4.78, 5) is 14.1. The SMILES string of the molecule is Cc1ccc(OCC(O)C2OC(=O)N(c3ccc(F)cc3)C2c2ccc(O)cc2)cc1. The lowest BCUT2D eigenvalue weighted by Gasteiger charge is -2.27. The lowest BCUT2D eigenvalue weighted by molar-refractivity contribution is -0.00646. The minimum Gasteiger partial charge on any atom is -0.508 e. The smallest absolute Gasteiger partial charge is 0.415 e. The highest BCUT2D eigenvalue weighted by atomic mass is 19.1. The number of phenols is 1. The van der Waals surface area contributed by atoms with E-state index in [4.69, 9.17) is 9.47 Å². The number of aromatic hydroxyl groups is 1. The lowest BCUT2D eigenvalue weighted by Crippen LogP contribution is -2.38. The van der Waals surface area contributed by atoms with E-state index in [9.17, 15) is 19.4 Å². The van der Waals surface area contributed by atoms with Gasteiger partial charge in [-0.05, 0) is 61.0 Å². The van der Waals surface area contributed by atoms with Crippen LogP contribution in [-0.4, -0.2) is 35.1 Å². The van der Waals surface area contributed by atoms with Gasteiger partial charge in [0.2, 0.25) is 0 Å². The number of hydrogen-bond donors (Lipinski definition) is 2. The number of nitrogens with zero attached hydrogens (tertiary/aromatic N) is 1. The molecule has 1 fully saturated rings. The van der Waals surface area contributed by atoms with Crippen LogP contribution in [-0.2, 0) is 4.74 Å². The monoisotopic (exact) mass is 423 g/mol. The molecular formula is C24H22FNO5. The van der Waals surface area contributed by atoms with Gasteiger partial charge in [-0.1, -0.05) is 29.8 Å². The molecule has 0 saturated carbocycles. The molecule has 0 bridgehead atoms. The Morgan fingerprint density at radius 2 is 1.68 bits per heavy atom. The van der Waals surface area contributed by atoms with Crippen LogP contribution in [0.1, 0.15) is 17.2 Å². The average molecular weight is 423 g/mol. The maximum atomic E-state index is 13.4. The molecule has 1 amide bonds. The number of anilines is 1. The second-order valence-corrected chi connectivity index (χ2v) is 7.42. The number of carbonyl (C=O) groups is 1. The zero-order valence-electron chi connectivity index (χ0n) is 16.8. The number of ether oxygens (including phenoxy) is 2. The second-order valence-electron chi connectivity index (χ2n) is 7.42. The van der Waals surface area contributed by atoms with Crippen LogP contribution in [0.4, 0.5) is 14.9 Å². The van der Waals surface area contributed by atoms with Crippen molar-refractivity contribution >= 4 is 11.8 Å². The summed E-state index contributed by atoms with van der Waals surface area (Å²) in [5.74, 6) is 0.230. The number of carbonyl (C=O) groups excluding carboxylic acids is 1. The number of rotatable bonds is 6. The number of amides is 1. The van der Waals surface area contributed by atoms with Crippen LogP contribution < -0.4 is 9.64 Å². The number of aryl methyl sites for hydroxylation is 1. The molecule has 3 aromatic rings. The van der Waals surface area contributed by atoms with Crippen LogP contribution in [0.25, 0.3) is 0 Å². The van der Waals surface area contributed by atoms with E-state index in [1.54, 1.807) is 24.3 Å². The van der Waals surface area contributed by atoms with E-state index in [1.165, 1.54) is 41.3 Å². The van der Waals surface area contributed by atoms with Crippen molar-refractivity contribution in [3.05, 3.63) is 89.7 Å². The first-order valence-corrected chi connectivity index (χ1v) is 9.84. The van der Waals surface area contributed by atoms with Crippen LogP contribution in [0, 0.1) is 12.7 Å². The number of halogens is 1. The average Bonchev–Trinajstić information content (AvgIpc) is 3.11. The molecule has 3 aromatic carbocycles. The third-order valence-electron chi connectivity index (χ3n) is 5.18. The summed E-state index contributed by atoms with van der Waals surface area (Å²) in [5, 5.41) is 20.5. The molecule has 1 heterocycles. The van der Waals surface area contributed by atoms with Crippen LogP contribution in [0.15, 0.2) is 72.8 Å². The molecule has 2 N–H and O–H groups in total. The van der Waals surface area contributed by atoms with Gasteiger partial charge in [0.15, 0.2) is 6.10 Å². The number of cyclic esters (lactones) is 1. The lowest BCUT2D eigenvalue weighted by atomic mass is 9.96. The first-order valence-electron chi connectivity index (χ1n) is 9.84. The van der Waals surface area contributed by atoms with E-state index in [0.29, 0.717) is 17.0 Å². The standard InChI is InChI=1S/C24H22FNO5/c1-15-2-12-20(13-3-15)30-14-21(28)23-22(16-4-10-19(27)11-5-16)26(24(29)31-23)18-8-6-17(25)7-9-18/h2-13,21-23,27-28H,14H2,1H3. The van der Waals surface area contributed by atoms with Gasteiger partial charge in [0.05, 0.1) is 0 Å². The van der Waals surface area contributed by atoms with Gasteiger partial charge in [-0.15, -0.1) is 0 Å². The predicted molar refractivity (Wildman–Crippen MR) is 113 cm³/mol. The molecule has 160 valence electrons. The quantitative estimate of drug-likeness (QED) is 0.616. The number of aliphatic hydroxyl groups excluding tert-OH is 1. The summed E-state index contributed by atoms with van der Waals surface area (Å²) < 4.78 is 24.6. The first-order chi connectivity index (χ1) is 14.9. The number of benzene rings is 3. The number of phenolic OH excluding ortho intramolecular Hbond substituents is 1. The molecule has 0 aromatic heterocycles. The van der Waals surface area contributed by atoms with Gasteiger partial charge in [-0.25, -0.2) is 9.18 Å². The van der Waals surface area contributed by atoms with E-state index in [1.807, 2.05) is 19.1 Å². The van der Waals surface area contributed by atoms with E-state index >= 15 is 0 Å². The second kappa shape index (κ2) is 8.65. The molecule has 4 rings (SSSR count). The minimum absolute atomic E-state index is 0.0714. The van der Waals surface area contributed by atoms with Gasteiger partial charge in [-0.3, -0.25) is 4.90 Å². The summed E-state index contributed by atoms with van der Waals surface area (Å²) in [6.45, 7) is 1.87. The highest BCUT2D eigenvalue weighted by Gasteiger charge is 2.47. The van der Waals surface area contributed by atoms with Crippen molar-refractivity contribution in [2.24, 2.45) is 0 Å². The number of hydrogen-bond acceptors (Lipinski definition) is 5. The van der Waals surface area contributed by atoms with Crippen molar-refractivity contribution in [1.82, 2.24) is 0 Å². The van der Waals surface area contributed by atoms with Gasteiger partial charge >= 0.3 is 6.09 Å². The topological polar surface area (TPSA) is 79.2 Å². The fraction of sp³-hybridized carbons (Fsp3) is 0.208. The third kappa shape index (κ3) is 4.46. The maximum Gasteiger partial charge on any atom is 0.415 e. The summed E-state index contributed by atoms with van der Waals surface area (Å²) in [6.07, 6.45) is -2.73. The third-order valence-corrected chi connectivity index (χ3v) is 5.18. The zero-order valence-corrected chi connectivity index (χ0v) is 16.8. The summed E-state index contributed by atoms with van der Waals surface area (Å²) in [5.41, 5.74) is 2.16. The van der Waals surface area contributed by atoms with Gasteiger partial charge in [0.25, 0.3) is 0 Å². The molecule has 6 nitrogen and oxygen atoms in total. The normalized spacial score (nSPS) is 19.2. The largest absolute Gasteiger partial charge is 0.508 e. The Kier molecular flexibility index (Phi) is 5.77. The van der Waals surface area contributed by atoms with E-state index in [0.717, 1.165) is 5.56 Å². The zero-order chi connectivity index (χ0) is 22.0. The molecule has 1 saturated heterocycles. The summed E-state index contributed by atoms with van der Waals surface area (Å²) in [7, 11) is 0. The number of aliphatic hydroxyl groups is 1. The molecular weight excluding hydrogens is 401 g/mol. The van der Waals surface area contributed by atoms with Crippen LogP contribution in [0.5, 0.6) is 11.5 Å². The Balaban J connectivity index is 1.61. The minimum atomic E-state index is -1.13. The molecule has 1 aliphatic rings. The predicted octanol–water partition coefficient (Wildman–Crippen LogP) is 4.35. The van der Waals surface area contributed by atoms with Crippen molar-refractivity contribution in [2.45, 2.75) is 25.2 Å². The molecule has 0 radical (unpaired) electrons. The van der Waals surface area contributed by atoms with Gasteiger partial charge in [0.1, 0.15) is 36.1 Å². The van der Waals surface area contributed by atoms with Crippen molar-refractivity contribution < 1.29 is 28.9 Å². The molecule has 3 atom stereocenters. The van der Waals surface area contributed by atoms with Crippen molar-refractivity contribution in [3.8, 4) is 11.5 Å². The van der Waals surface area contributed by atoms with Crippen molar-refractivity contribution in [3.63, 3.8) is 0 Å². The van der Waals surface area contributed by atoms with E-state index in [2.05, 4.69) is 0 Å². The first kappa shape index (κ1) is 20.7. The fourth-order valence-electron chi connectivity index (χ4n) is 3.58. The maximum absolute atomic E-state index is 13.4. The molecule has 7 heteroatoms. The Morgan fingerprint density at radius 3 is 2.32 bits per heavy atom. The van der Waals surface area contributed by atoms with Crippen LogP contribution in [0.2, 0.25) is 0 Å². The summed E-state index contributed by atoms with van der Waals surface area (Å²) in [6, 6.07) is 18.4. The highest BCUT2D eigenvalue weighted by molar-refractivity contribution is 5.91. The van der Waals surface area contributed by atoms with Crippen LogP contribution >= 0.6 is 0 Å². The van der Waals surface area contributed by atoms with Crippen LogP contribution in [0.3, 0.4) is 0 Å². The summed E-state index contributed by atoms with van der Waals surface area (Å²) >= 11 is 0. The molecule has 3 unspecified atom stereocenters. The van der Waals surface area contributed by atoms with Crippen molar-refractivity contribution in [1.29, 1.82) is 0 Å². The van der Waals surface area contributed by atoms with Gasteiger partial charge in [-0.2, -0.15) is 0 Å². The van der Waals surface area contributed by atoms with Crippen molar-refractivity contribution in [2.75, 3.05) is 11.5 Å². The Morgan fingerprint density at radius 1 is 1.03 bits per heavy atom. The molecule has 31 heavy (non-hydrogen) atoms. The molecule has 1 aliphatic heterocycles. The Bertz CT molecular complexity index is 1040. The Labute approximate surface area is 179 Å². The van der Waals surface area contributed by atoms with Gasteiger partial charge in [0, 0.05) is 5.69 Å². The van der Waals surface area contributed by atoms with E-state index < -0.39 is 30.2 Å². The molecule has 0 aliphatic carbocycles. The highest BCUT2D eigenvalue weighted by Crippen LogP contribution is 2.39. The fourth-order valence-corrected chi connectivity index (χ4v) is 3.58. The molecule has 0 spiro atoms. The Hall–Kier alpha value is -3.58. The van der Waals surface area contributed by atoms with Gasteiger partial charge < -0.3 is 19.7 Å². The van der Waals surface area contributed by atoms with E-state index in [-0.39, 0.29) is 12.4 Å².